The number of rotatable bonds is 3. The van der Waals surface area contributed by atoms with Crippen molar-refractivity contribution in [2.75, 3.05) is 31.6 Å². The maximum atomic E-state index is 5.65. The third kappa shape index (κ3) is 3.41. The van der Waals surface area contributed by atoms with Crippen LogP contribution in [0.3, 0.4) is 0 Å². The molecule has 0 aliphatic carbocycles. The lowest BCUT2D eigenvalue weighted by molar-refractivity contribution is 0.0820. The summed E-state index contributed by atoms with van der Waals surface area (Å²) in [7, 11) is 1.94. The molecular weight excluding hydrogens is 214 g/mol. The number of hydrogen-bond acceptors (Lipinski definition) is 4. The van der Waals surface area contributed by atoms with Crippen LogP contribution in [0.15, 0.2) is 18.2 Å². The highest BCUT2D eigenvalue weighted by molar-refractivity contribution is 5.39. The van der Waals surface area contributed by atoms with E-state index in [-0.39, 0.29) is 6.10 Å². The summed E-state index contributed by atoms with van der Waals surface area (Å²) in [6.45, 7) is 5.74. The van der Waals surface area contributed by atoms with Gasteiger partial charge < -0.3 is 15.0 Å². The Kier molecular flexibility index (Phi) is 4.34. The first kappa shape index (κ1) is 12.3. The van der Waals surface area contributed by atoms with Crippen molar-refractivity contribution in [3.8, 4) is 0 Å². The van der Waals surface area contributed by atoms with Gasteiger partial charge in [0.15, 0.2) is 0 Å². The molecule has 1 unspecified atom stereocenters. The lowest BCUT2D eigenvalue weighted by Crippen LogP contribution is -2.31. The molecule has 1 aromatic rings. The first-order valence-electron chi connectivity index (χ1n) is 6.26. The maximum absolute atomic E-state index is 5.65. The van der Waals surface area contributed by atoms with Crippen molar-refractivity contribution in [3.05, 3.63) is 23.9 Å². The summed E-state index contributed by atoms with van der Waals surface area (Å²) in [4.78, 5) is 6.99. The monoisotopic (exact) mass is 235 g/mol. The molecule has 0 radical (unpaired) electrons. The van der Waals surface area contributed by atoms with Crippen LogP contribution in [0.25, 0.3) is 0 Å². The standard InChI is InChI=1S/C13H21N3O/c1-11-10-16(7-4-8-17-11)13-6-3-5-12(15-13)9-14-2/h3,5-6,11,14H,4,7-10H2,1-2H3. The van der Waals surface area contributed by atoms with E-state index in [4.69, 9.17) is 4.74 Å². The van der Waals surface area contributed by atoms with Crippen LogP contribution in [0.5, 0.6) is 0 Å². The molecule has 1 aliphatic heterocycles. The van der Waals surface area contributed by atoms with E-state index >= 15 is 0 Å². The third-order valence-corrected chi connectivity index (χ3v) is 2.93. The zero-order valence-corrected chi connectivity index (χ0v) is 10.6. The van der Waals surface area contributed by atoms with Crippen molar-refractivity contribution in [3.63, 3.8) is 0 Å². The molecule has 1 N–H and O–H groups in total. The van der Waals surface area contributed by atoms with Crippen LogP contribution in [-0.4, -0.2) is 37.8 Å². The van der Waals surface area contributed by atoms with E-state index in [1.807, 2.05) is 7.05 Å². The third-order valence-electron chi connectivity index (χ3n) is 2.93. The summed E-state index contributed by atoms with van der Waals surface area (Å²) in [5, 5.41) is 3.13. The summed E-state index contributed by atoms with van der Waals surface area (Å²) >= 11 is 0. The fourth-order valence-electron chi connectivity index (χ4n) is 2.12. The van der Waals surface area contributed by atoms with Gasteiger partial charge in [0.25, 0.3) is 0 Å². The van der Waals surface area contributed by atoms with E-state index in [0.29, 0.717) is 0 Å². The Labute approximate surface area is 103 Å². The minimum Gasteiger partial charge on any atom is -0.377 e. The Morgan fingerprint density at radius 1 is 1.53 bits per heavy atom. The van der Waals surface area contributed by atoms with Gasteiger partial charge in [0.1, 0.15) is 5.82 Å². The second kappa shape index (κ2) is 5.98. The van der Waals surface area contributed by atoms with Crippen molar-refractivity contribution in [2.45, 2.75) is 26.0 Å². The Morgan fingerprint density at radius 2 is 2.41 bits per heavy atom. The quantitative estimate of drug-likeness (QED) is 0.859. The molecule has 2 heterocycles. The van der Waals surface area contributed by atoms with Gasteiger partial charge in [0, 0.05) is 26.2 Å². The topological polar surface area (TPSA) is 37.4 Å². The molecule has 1 aromatic heterocycles. The van der Waals surface area contributed by atoms with Gasteiger partial charge in [-0.1, -0.05) is 6.07 Å². The van der Waals surface area contributed by atoms with Gasteiger partial charge in [0.05, 0.1) is 11.8 Å². The normalized spacial score (nSPS) is 21.3. The lowest BCUT2D eigenvalue weighted by atomic mass is 10.3. The summed E-state index contributed by atoms with van der Waals surface area (Å²) in [6.07, 6.45) is 1.36. The molecule has 0 bridgehead atoms. The van der Waals surface area contributed by atoms with Crippen LogP contribution in [0.1, 0.15) is 19.0 Å². The Bertz CT molecular complexity index is 356. The number of aromatic nitrogens is 1. The van der Waals surface area contributed by atoms with Gasteiger partial charge in [0.2, 0.25) is 0 Å². The molecule has 0 spiro atoms. The molecule has 1 fully saturated rings. The fraction of sp³-hybridized carbons (Fsp3) is 0.615. The average molecular weight is 235 g/mol. The summed E-state index contributed by atoms with van der Waals surface area (Å²) in [6, 6.07) is 6.21. The molecule has 17 heavy (non-hydrogen) atoms. The van der Waals surface area contributed by atoms with Gasteiger partial charge in [-0.05, 0) is 32.5 Å². The molecule has 94 valence electrons. The van der Waals surface area contributed by atoms with Crippen molar-refractivity contribution in [1.29, 1.82) is 0 Å². The minimum absolute atomic E-state index is 0.284. The molecule has 0 aromatic carbocycles. The van der Waals surface area contributed by atoms with Gasteiger partial charge in [-0.2, -0.15) is 0 Å². The largest absolute Gasteiger partial charge is 0.377 e. The van der Waals surface area contributed by atoms with E-state index in [0.717, 1.165) is 44.2 Å². The van der Waals surface area contributed by atoms with E-state index in [1.165, 1.54) is 0 Å². The number of hydrogen-bond donors (Lipinski definition) is 1. The Balaban J connectivity index is 2.11. The van der Waals surface area contributed by atoms with E-state index in [1.54, 1.807) is 0 Å². The predicted octanol–water partition coefficient (Wildman–Crippen LogP) is 1.42. The highest BCUT2D eigenvalue weighted by atomic mass is 16.5. The molecule has 4 nitrogen and oxygen atoms in total. The lowest BCUT2D eigenvalue weighted by Gasteiger charge is -2.23. The van der Waals surface area contributed by atoms with Crippen LogP contribution >= 0.6 is 0 Å². The van der Waals surface area contributed by atoms with Crippen molar-refractivity contribution < 1.29 is 4.74 Å². The first-order chi connectivity index (χ1) is 8.29. The highest BCUT2D eigenvalue weighted by Crippen LogP contribution is 2.15. The molecular formula is C13H21N3O. The first-order valence-corrected chi connectivity index (χ1v) is 6.26. The van der Waals surface area contributed by atoms with Gasteiger partial charge in [-0.25, -0.2) is 4.98 Å². The number of nitrogens with one attached hydrogen (secondary N) is 1. The zero-order valence-electron chi connectivity index (χ0n) is 10.6. The number of anilines is 1. The van der Waals surface area contributed by atoms with Crippen molar-refractivity contribution in [2.24, 2.45) is 0 Å². The van der Waals surface area contributed by atoms with Gasteiger partial charge in [-0.3, -0.25) is 0 Å². The van der Waals surface area contributed by atoms with Crippen LogP contribution in [0.2, 0.25) is 0 Å². The van der Waals surface area contributed by atoms with Gasteiger partial charge >= 0.3 is 0 Å². The highest BCUT2D eigenvalue weighted by Gasteiger charge is 2.16. The molecule has 0 amide bonds. The summed E-state index contributed by atoms with van der Waals surface area (Å²) in [5.41, 5.74) is 1.09. The van der Waals surface area contributed by atoms with Crippen LogP contribution in [0, 0.1) is 0 Å². The van der Waals surface area contributed by atoms with Crippen LogP contribution < -0.4 is 10.2 Å². The van der Waals surface area contributed by atoms with Gasteiger partial charge in [-0.15, -0.1) is 0 Å². The molecule has 1 atom stereocenters. The van der Waals surface area contributed by atoms with Crippen LogP contribution in [0.4, 0.5) is 5.82 Å². The number of nitrogens with zero attached hydrogens (tertiary/aromatic N) is 2. The van der Waals surface area contributed by atoms with E-state index in [2.05, 4.69) is 40.3 Å². The molecule has 1 saturated heterocycles. The Morgan fingerprint density at radius 3 is 3.24 bits per heavy atom. The second-order valence-electron chi connectivity index (χ2n) is 4.50. The molecule has 4 heteroatoms. The summed E-state index contributed by atoms with van der Waals surface area (Å²) < 4.78 is 5.65. The van der Waals surface area contributed by atoms with Crippen molar-refractivity contribution >= 4 is 5.82 Å². The number of pyridine rings is 1. The van der Waals surface area contributed by atoms with Crippen molar-refractivity contribution in [1.82, 2.24) is 10.3 Å². The van der Waals surface area contributed by atoms with E-state index < -0.39 is 0 Å². The SMILES string of the molecule is CNCc1cccc(N2CCCOC(C)C2)n1. The second-order valence-corrected chi connectivity index (χ2v) is 4.50. The Hall–Kier alpha value is -1.13. The minimum atomic E-state index is 0.284. The zero-order chi connectivity index (χ0) is 12.1. The molecule has 1 aliphatic rings. The smallest absolute Gasteiger partial charge is 0.128 e. The maximum Gasteiger partial charge on any atom is 0.128 e. The van der Waals surface area contributed by atoms with Crippen LogP contribution in [-0.2, 0) is 11.3 Å². The fourth-order valence-corrected chi connectivity index (χ4v) is 2.12. The molecule has 0 saturated carbocycles. The van der Waals surface area contributed by atoms with E-state index in [9.17, 15) is 0 Å². The number of ether oxygens (including phenoxy) is 1. The predicted molar refractivity (Wildman–Crippen MR) is 69.2 cm³/mol. The summed E-state index contributed by atoms with van der Waals surface area (Å²) in [5.74, 6) is 1.06. The molecule has 2 rings (SSSR count). The average Bonchev–Trinajstić information content (AvgIpc) is 2.55.